The van der Waals surface area contributed by atoms with Crippen molar-refractivity contribution in [1.82, 2.24) is 10.2 Å². The second-order valence-electron chi connectivity index (χ2n) is 8.75. The highest BCUT2D eigenvalue weighted by molar-refractivity contribution is 7.92. The van der Waals surface area contributed by atoms with Crippen molar-refractivity contribution in [1.29, 1.82) is 0 Å². The molecule has 1 atom stereocenters. The zero-order chi connectivity index (χ0) is 27.0. The van der Waals surface area contributed by atoms with Crippen molar-refractivity contribution in [3.8, 4) is 0 Å². The van der Waals surface area contributed by atoms with Gasteiger partial charge in [-0.15, -0.1) is 0 Å². The van der Waals surface area contributed by atoms with E-state index in [2.05, 4.69) is 5.32 Å². The van der Waals surface area contributed by atoms with E-state index in [1.807, 2.05) is 44.2 Å². The van der Waals surface area contributed by atoms with Crippen molar-refractivity contribution < 1.29 is 18.0 Å². The lowest BCUT2D eigenvalue weighted by Gasteiger charge is -2.32. The molecule has 0 aliphatic heterocycles. The van der Waals surface area contributed by atoms with Crippen molar-refractivity contribution in [2.45, 2.75) is 44.7 Å². The molecule has 9 heteroatoms. The van der Waals surface area contributed by atoms with Crippen molar-refractivity contribution in [3.63, 3.8) is 0 Å². The molecule has 7 nitrogen and oxygen atoms in total. The normalized spacial score (nSPS) is 12.0. The Bertz CT molecular complexity index is 1310. The van der Waals surface area contributed by atoms with Gasteiger partial charge < -0.3 is 10.2 Å². The molecule has 0 bridgehead atoms. The quantitative estimate of drug-likeness (QED) is 0.378. The van der Waals surface area contributed by atoms with Crippen LogP contribution in [0.2, 0.25) is 5.02 Å². The monoisotopic (exact) mass is 541 g/mol. The molecule has 3 rings (SSSR count). The van der Waals surface area contributed by atoms with Crippen molar-refractivity contribution in [2.75, 3.05) is 17.4 Å². The summed E-state index contributed by atoms with van der Waals surface area (Å²) in [5, 5.41) is 3.01. The van der Waals surface area contributed by atoms with E-state index in [4.69, 9.17) is 11.6 Å². The number of benzene rings is 3. The third kappa shape index (κ3) is 7.11. The number of carbonyl (C=O) groups is 2. The second-order valence-corrected chi connectivity index (χ2v) is 11.0. The van der Waals surface area contributed by atoms with Gasteiger partial charge >= 0.3 is 0 Å². The van der Waals surface area contributed by atoms with E-state index in [0.717, 1.165) is 21.9 Å². The number of nitrogens with one attached hydrogen (secondary N) is 1. The van der Waals surface area contributed by atoms with E-state index in [1.54, 1.807) is 43.3 Å². The first-order valence-corrected chi connectivity index (χ1v) is 13.9. The Kier molecular flexibility index (Phi) is 9.72. The van der Waals surface area contributed by atoms with Crippen LogP contribution in [0.5, 0.6) is 0 Å². The third-order valence-corrected chi connectivity index (χ3v) is 8.01. The SMILES string of the molecule is CCCNC(=O)[C@H](C)N(Cc1ccccc1)C(=O)CN(c1ccccc1Cl)S(=O)(=O)c1ccc(C)cc1. The minimum atomic E-state index is -4.15. The number of nitrogens with zero attached hydrogens (tertiary/aromatic N) is 2. The Morgan fingerprint density at radius 3 is 2.19 bits per heavy atom. The van der Waals surface area contributed by atoms with Crippen molar-refractivity contribution >= 4 is 39.1 Å². The van der Waals surface area contributed by atoms with Gasteiger partial charge in [-0.05, 0) is 50.1 Å². The predicted molar refractivity (Wildman–Crippen MR) is 147 cm³/mol. The number of para-hydroxylation sites is 1. The summed E-state index contributed by atoms with van der Waals surface area (Å²) in [6, 6.07) is 21.3. The van der Waals surface area contributed by atoms with Crippen LogP contribution in [0, 0.1) is 6.92 Å². The lowest BCUT2D eigenvalue weighted by atomic mass is 10.1. The number of anilines is 1. The van der Waals surface area contributed by atoms with Crippen LogP contribution in [-0.2, 0) is 26.2 Å². The summed E-state index contributed by atoms with van der Waals surface area (Å²) in [6.45, 7) is 5.52. The molecule has 0 saturated carbocycles. The van der Waals surface area contributed by atoms with E-state index in [-0.39, 0.29) is 28.1 Å². The molecule has 0 unspecified atom stereocenters. The van der Waals surface area contributed by atoms with Crippen LogP contribution in [0.3, 0.4) is 0 Å². The molecule has 0 saturated heterocycles. The highest BCUT2D eigenvalue weighted by Gasteiger charge is 2.33. The molecule has 0 aliphatic carbocycles. The standard InChI is InChI=1S/C28H32ClN3O4S/c1-4-18-30-28(34)22(3)31(19-23-10-6-5-7-11-23)27(33)20-32(26-13-9-8-12-25(26)29)37(35,36)24-16-14-21(2)15-17-24/h5-17,22H,4,18-20H2,1-3H3,(H,30,34)/t22-/m0/s1. The van der Waals surface area contributed by atoms with E-state index in [9.17, 15) is 18.0 Å². The van der Waals surface area contributed by atoms with Crippen LogP contribution in [-0.4, -0.2) is 44.3 Å². The molecule has 0 spiro atoms. The van der Waals surface area contributed by atoms with Gasteiger partial charge in [0.05, 0.1) is 15.6 Å². The third-order valence-electron chi connectivity index (χ3n) is 5.92. The second kappa shape index (κ2) is 12.7. The number of amides is 2. The smallest absolute Gasteiger partial charge is 0.264 e. The minimum absolute atomic E-state index is 0.0363. The first-order chi connectivity index (χ1) is 17.6. The number of halogens is 1. The first-order valence-electron chi connectivity index (χ1n) is 12.1. The summed E-state index contributed by atoms with van der Waals surface area (Å²) in [4.78, 5) is 28.1. The summed E-state index contributed by atoms with van der Waals surface area (Å²) in [5.74, 6) is -0.838. The van der Waals surface area contributed by atoms with Gasteiger partial charge in [-0.1, -0.05) is 78.7 Å². The molecule has 0 heterocycles. The maximum Gasteiger partial charge on any atom is 0.264 e. The Morgan fingerprint density at radius 1 is 0.946 bits per heavy atom. The number of rotatable bonds is 11. The molecule has 2 amide bonds. The summed E-state index contributed by atoms with van der Waals surface area (Å²) in [5.41, 5.74) is 1.90. The fourth-order valence-corrected chi connectivity index (χ4v) is 5.48. The number of sulfonamides is 1. The van der Waals surface area contributed by atoms with Gasteiger partial charge in [0.15, 0.2) is 0 Å². The van der Waals surface area contributed by atoms with Gasteiger partial charge in [0.1, 0.15) is 12.6 Å². The van der Waals surface area contributed by atoms with Crippen LogP contribution in [0.4, 0.5) is 5.69 Å². The molecule has 1 N–H and O–H groups in total. The van der Waals surface area contributed by atoms with Gasteiger partial charge in [-0.25, -0.2) is 8.42 Å². The Morgan fingerprint density at radius 2 is 1.57 bits per heavy atom. The van der Waals surface area contributed by atoms with Gasteiger partial charge in [0.2, 0.25) is 11.8 Å². The maximum atomic E-state index is 13.8. The van der Waals surface area contributed by atoms with Crippen LogP contribution >= 0.6 is 11.6 Å². The summed E-state index contributed by atoms with van der Waals surface area (Å²) < 4.78 is 28.6. The lowest BCUT2D eigenvalue weighted by molar-refractivity contribution is -0.139. The summed E-state index contributed by atoms with van der Waals surface area (Å²) in [6.07, 6.45) is 0.750. The molecular weight excluding hydrogens is 510 g/mol. The van der Waals surface area contributed by atoms with Gasteiger partial charge in [-0.2, -0.15) is 0 Å². The van der Waals surface area contributed by atoms with Gasteiger partial charge in [0.25, 0.3) is 10.0 Å². The highest BCUT2D eigenvalue weighted by atomic mass is 35.5. The molecule has 3 aromatic rings. The van der Waals surface area contributed by atoms with Crippen molar-refractivity contribution in [3.05, 3.63) is 95.0 Å². The van der Waals surface area contributed by atoms with Gasteiger partial charge in [0, 0.05) is 13.1 Å². The van der Waals surface area contributed by atoms with Crippen molar-refractivity contribution in [2.24, 2.45) is 0 Å². The lowest BCUT2D eigenvalue weighted by Crippen LogP contribution is -2.51. The zero-order valence-electron chi connectivity index (χ0n) is 21.2. The largest absolute Gasteiger partial charge is 0.354 e. The fourth-order valence-electron chi connectivity index (χ4n) is 3.76. The van der Waals surface area contributed by atoms with E-state index in [1.165, 1.54) is 17.0 Å². The summed E-state index contributed by atoms with van der Waals surface area (Å²) >= 11 is 6.41. The zero-order valence-corrected chi connectivity index (χ0v) is 22.8. The molecule has 0 radical (unpaired) electrons. The fraction of sp³-hybridized carbons (Fsp3) is 0.286. The van der Waals surface area contributed by atoms with Crippen LogP contribution in [0.25, 0.3) is 0 Å². The van der Waals surface area contributed by atoms with E-state index < -0.39 is 28.5 Å². The molecule has 0 aromatic heterocycles. The Balaban J connectivity index is 2.02. The Hall–Kier alpha value is -3.36. The molecule has 196 valence electrons. The first kappa shape index (κ1) is 28.2. The molecule has 37 heavy (non-hydrogen) atoms. The highest BCUT2D eigenvalue weighted by Crippen LogP contribution is 2.30. The minimum Gasteiger partial charge on any atom is -0.354 e. The number of hydrogen-bond donors (Lipinski definition) is 1. The molecule has 3 aromatic carbocycles. The van der Waals surface area contributed by atoms with Crippen LogP contribution in [0.15, 0.2) is 83.8 Å². The average Bonchev–Trinajstić information content (AvgIpc) is 2.89. The number of carbonyl (C=O) groups excluding carboxylic acids is 2. The predicted octanol–water partition coefficient (Wildman–Crippen LogP) is 4.79. The molecule has 0 aliphatic rings. The van der Waals surface area contributed by atoms with Gasteiger partial charge in [-0.3, -0.25) is 13.9 Å². The number of hydrogen-bond acceptors (Lipinski definition) is 4. The summed E-state index contributed by atoms with van der Waals surface area (Å²) in [7, 11) is -4.15. The number of aryl methyl sites for hydroxylation is 1. The Labute approximate surface area is 224 Å². The van der Waals surface area contributed by atoms with E-state index in [0.29, 0.717) is 6.54 Å². The van der Waals surface area contributed by atoms with Crippen LogP contribution in [0.1, 0.15) is 31.4 Å². The average molecular weight is 542 g/mol. The maximum absolute atomic E-state index is 13.8. The molecular formula is C28H32ClN3O4S. The topological polar surface area (TPSA) is 86.8 Å². The van der Waals surface area contributed by atoms with Crippen LogP contribution < -0.4 is 9.62 Å². The molecule has 0 fully saturated rings. The van der Waals surface area contributed by atoms with E-state index >= 15 is 0 Å².